The van der Waals surface area contributed by atoms with Crippen molar-refractivity contribution in [3.63, 3.8) is 0 Å². The van der Waals surface area contributed by atoms with Crippen LogP contribution in [0, 0.1) is 0 Å². The first-order valence-electron chi connectivity index (χ1n) is 10.7. The fraction of sp³-hybridized carbons (Fsp3) is 0.455. The number of nitrogens with one attached hydrogen (secondary N) is 2. The maximum absolute atomic E-state index is 13.2. The van der Waals surface area contributed by atoms with Gasteiger partial charge in [-0.15, -0.1) is 0 Å². The number of pyridine rings is 2. The van der Waals surface area contributed by atoms with Crippen LogP contribution < -0.4 is 21.3 Å². The van der Waals surface area contributed by atoms with Gasteiger partial charge < -0.3 is 16.4 Å². The minimum Gasteiger partial charge on any atom is -0.351 e. The second-order valence-electron chi connectivity index (χ2n) is 8.65. The molecule has 0 radical (unpaired) electrons. The molecule has 0 saturated heterocycles. The Kier molecular flexibility index (Phi) is 5.10. The number of thioether (sulfide) groups is 1. The number of nitrogens with two attached hydrogens (primary N) is 1. The number of anilines is 2. The Hall–Kier alpha value is -2.65. The molecule has 2 unspecified atom stereocenters. The van der Waals surface area contributed by atoms with Crippen LogP contribution >= 0.6 is 11.8 Å². The van der Waals surface area contributed by atoms with Gasteiger partial charge in [-0.1, -0.05) is 25.6 Å². The van der Waals surface area contributed by atoms with Crippen LogP contribution in [0.5, 0.6) is 0 Å². The van der Waals surface area contributed by atoms with Gasteiger partial charge in [0.05, 0.1) is 17.4 Å². The van der Waals surface area contributed by atoms with E-state index in [-0.39, 0.29) is 29.9 Å². The fourth-order valence-electron chi connectivity index (χ4n) is 4.61. The summed E-state index contributed by atoms with van der Waals surface area (Å²) < 4.78 is 0. The predicted molar refractivity (Wildman–Crippen MR) is 119 cm³/mol. The molecular formula is C22H26N6O2S. The van der Waals surface area contributed by atoms with Crippen LogP contribution in [0.15, 0.2) is 35.6 Å². The van der Waals surface area contributed by atoms with E-state index >= 15 is 0 Å². The van der Waals surface area contributed by atoms with Crippen LogP contribution in [-0.4, -0.2) is 39.2 Å². The third-order valence-corrected chi connectivity index (χ3v) is 7.56. The lowest BCUT2D eigenvalue weighted by atomic mass is 9.99. The standard InChI is InChI=1S/C22H26N6O2S/c1-11(2)15-10-12(6-8-24-15)28-16-7-9-25-21-17(16)18(27-22(28)30)19(31-21)20(29)26-14-5-3-4-13(14)23/h6-11,13-14,18-19H,3-5,23H2,1-2H3,(H,26,29)(H,27,30)/t13-,14+,18?,19?/m0/s1. The maximum atomic E-state index is 13.2. The number of rotatable bonds is 4. The summed E-state index contributed by atoms with van der Waals surface area (Å²) in [5.41, 5.74) is 9.46. The Morgan fingerprint density at radius 1 is 1.29 bits per heavy atom. The van der Waals surface area contributed by atoms with Crippen molar-refractivity contribution in [2.45, 2.75) is 67.4 Å². The van der Waals surface area contributed by atoms with E-state index in [2.05, 4.69) is 34.4 Å². The maximum Gasteiger partial charge on any atom is 0.327 e. The third kappa shape index (κ3) is 3.45. The first kappa shape index (κ1) is 20.3. The molecule has 4 atom stereocenters. The molecule has 0 spiro atoms. The molecule has 1 saturated carbocycles. The van der Waals surface area contributed by atoms with Gasteiger partial charge in [0.2, 0.25) is 5.91 Å². The number of hydrogen-bond donors (Lipinski definition) is 3. The summed E-state index contributed by atoms with van der Waals surface area (Å²) >= 11 is 1.41. The molecule has 1 fully saturated rings. The van der Waals surface area contributed by atoms with Gasteiger partial charge in [0.15, 0.2) is 0 Å². The van der Waals surface area contributed by atoms with Crippen molar-refractivity contribution in [2.24, 2.45) is 5.73 Å². The minimum absolute atomic E-state index is 0.00805. The van der Waals surface area contributed by atoms with Gasteiger partial charge in [-0.2, -0.15) is 0 Å². The molecular weight excluding hydrogens is 412 g/mol. The van der Waals surface area contributed by atoms with Gasteiger partial charge in [-0.25, -0.2) is 9.78 Å². The molecule has 4 N–H and O–H groups in total. The molecule has 9 heteroatoms. The number of amides is 3. The molecule has 1 aliphatic carbocycles. The van der Waals surface area contributed by atoms with Gasteiger partial charge in [-0.05, 0) is 43.4 Å². The van der Waals surface area contributed by atoms with Gasteiger partial charge in [0.1, 0.15) is 10.3 Å². The Morgan fingerprint density at radius 3 is 2.84 bits per heavy atom. The largest absolute Gasteiger partial charge is 0.351 e. The fourth-order valence-corrected chi connectivity index (χ4v) is 5.84. The highest BCUT2D eigenvalue weighted by Gasteiger charge is 2.47. The van der Waals surface area contributed by atoms with E-state index in [1.807, 2.05) is 18.2 Å². The van der Waals surface area contributed by atoms with Crippen LogP contribution in [0.2, 0.25) is 0 Å². The normalized spacial score (nSPS) is 26.7. The Labute approximate surface area is 185 Å². The lowest BCUT2D eigenvalue weighted by Gasteiger charge is -2.34. The van der Waals surface area contributed by atoms with E-state index in [1.54, 1.807) is 17.3 Å². The zero-order valence-corrected chi connectivity index (χ0v) is 18.4. The van der Waals surface area contributed by atoms with E-state index in [0.717, 1.165) is 46.9 Å². The highest BCUT2D eigenvalue weighted by molar-refractivity contribution is 8.01. The van der Waals surface area contributed by atoms with Crippen molar-refractivity contribution in [2.75, 3.05) is 4.90 Å². The second-order valence-corrected chi connectivity index (χ2v) is 9.78. The average molecular weight is 439 g/mol. The van der Waals surface area contributed by atoms with E-state index in [4.69, 9.17) is 5.73 Å². The summed E-state index contributed by atoms with van der Waals surface area (Å²) in [6.07, 6.45) is 6.26. The van der Waals surface area contributed by atoms with E-state index in [0.29, 0.717) is 0 Å². The highest BCUT2D eigenvalue weighted by atomic mass is 32.2. The summed E-state index contributed by atoms with van der Waals surface area (Å²) in [4.78, 5) is 36.9. The number of urea groups is 1. The molecule has 3 aliphatic rings. The number of aromatic nitrogens is 2. The number of nitrogens with zero attached hydrogens (tertiary/aromatic N) is 3. The third-order valence-electron chi connectivity index (χ3n) is 6.28. The summed E-state index contributed by atoms with van der Waals surface area (Å²) in [6.45, 7) is 4.14. The molecule has 0 bridgehead atoms. The van der Waals surface area contributed by atoms with Crippen molar-refractivity contribution < 1.29 is 9.59 Å². The molecule has 3 amide bonds. The summed E-state index contributed by atoms with van der Waals surface area (Å²) in [7, 11) is 0. The van der Waals surface area contributed by atoms with Crippen molar-refractivity contribution in [1.29, 1.82) is 0 Å². The Morgan fingerprint density at radius 2 is 2.10 bits per heavy atom. The molecule has 2 aromatic heterocycles. The molecule has 8 nitrogen and oxygen atoms in total. The molecule has 4 heterocycles. The van der Waals surface area contributed by atoms with Gasteiger partial charge >= 0.3 is 6.03 Å². The summed E-state index contributed by atoms with van der Waals surface area (Å²) in [5.74, 6) is 0.148. The van der Waals surface area contributed by atoms with Crippen molar-refractivity contribution in [3.8, 4) is 0 Å². The van der Waals surface area contributed by atoms with E-state index < -0.39 is 11.3 Å². The number of carbonyl (C=O) groups is 2. The molecule has 162 valence electrons. The zero-order valence-electron chi connectivity index (χ0n) is 17.5. The lowest BCUT2D eigenvalue weighted by Crippen LogP contribution is -2.52. The summed E-state index contributed by atoms with van der Waals surface area (Å²) in [5, 5.41) is 6.47. The van der Waals surface area contributed by atoms with Crippen LogP contribution in [0.4, 0.5) is 16.2 Å². The van der Waals surface area contributed by atoms with Crippen molar-refractivity contribution >= 4 is 35.1 Å². The number of carbonyl (C=O) groups excluding carboxylic acids is 2. The van der Waals surface area contributed by atoms with Gasteiger partial charge in [-0.3, -0.25) is 14.7 Å². The molecule has 31 heavy (non-hydrogen) atoms. The quantitative estimate of drug-likeness (QED) is 0.676. The monoisotopic (exact) mass is 438 g/mol. The van der Waals surface area contributed by atoms with Gasteiger partial charge in [0, 0.05) is 35.7 Å². The zero-order chi connectivity index (χ0) is 21.7. The predicted octanol–water partition coefficient (Wildman–Crippen LogP) is 2.97. The lowest BCUT2D eigenvalue weighted by molar-refractivity contribution is -0.121. The van der Waals surface area contributed by atoms with E-state index in [9.17, 15) is 9.59 Å². The van der Waals surface area contributed by atoms with Crippen LogP contribution in [0.3, 0.4) is 0 Å². The second kappa shape index (κ2) is 7.80. The summed E-state index contributed by atoms with van der Waals surface area (Å²) in [6, 6.07) is 4.91. The van der Waals surface area contributed by atoms with Gasteiger partial charge in [0.25, 0.3) is 0 Å². The Bertz CT molecular complexity index is 1040. The molecule has 2 aliphatic heterocycles. The average Bonchev–Trinajstić information content (AvgIpc) is 3.32. The SMILES string of the molecule is CC(C)c1cc(N2C(=O)NC3c4c2ccnc4SC3C(=O)N[C@@H]2CCC[C@@H]2N)ccn1. The Balaban J connectivity index is 1.47. The smallest absolute Gasteiger partial charge is 0.327 e. The van der Waals surface area contributed by atoms with E-state index in [1.165, 1.54) is 11.8 Å². The van der Waals surface area contributed by atoms with Crippen LogP contribution in [0.1, 0.15) is 56.3 Å². The van der Waals surface area contributed by atoms with Crippen LogP contribution in [-0.2, 0) is 4.79 Å². The topological polar surface area (TPSA) is 113 Å². The first-order chi connectivity index (χ1) is 14.9. The molecule has 0 aromatic carbocycles. The van der Waals surface area contributed by atoms with Crippen molar-refractivity contribution in [3.05, 3.63) is 41.9 Å². The number of hydrogen-bond acceptors (Lipinski definition) is 6. The van der Waals surface area contributed by atoms with Crippen molar-refractivity contribution in [1.82, 2.24) is 20.6 Å². The van der Waals surface area contributed by atoms with Crippen LogP contribution in [0.25, 0.3) is 0 Å². The minimum atomic E-state index is -0.466. The first-order valence-corrected chi connectivity index (χ1v) is 11.6. The highest BCUT2D eigenvalue weighted by Crippen LogP contribution is 2.50. The molecule has 5 rings (SSSR count). The molecule has 2 aromatic rings.